The second-order valence-electron chi connectivity index (χ2n) is 8.75. The van der Waals surface area contributed by atoms with Crippen molar-refractivity contribution in [2.45, 2.75) is 19.8 Å². The zero-order valence-corrected chi connectivity index (χ0v) is 19.5. The summed E-state index contributed by atoms with van der Waals surface area (Å²) in [5, 5.41) is 3.54. The number of aromatic nitrogens is 3. The fourth-order valence-corrected chi connectivity index (χ4v) is 4.39. The van der Waals surface area contributed by atoms with Gasteiger partial charge < -0.3 is 20.9 Å². The van der Waals surface area contributed by atoms with Gasteiger partial charge in [-0.1, -0.05) is 30.8 Å². The Morgan fingerprint density at radius 2 is 1.66 bits per heavy atom. The number of hydrogen-bond acceptors (Lipinski definition) is 5. The van der Waals surface area contributed by atoms with Crippen molar-refractivity contribution >= 4 is 34.4 Å². The summed E-state index contributed by atoms with van der Waals surface area (Å²) in [7, 11) is 0. The minimum Gasteiger partial charge on any atom is -0.383 e. The van der Waals surface area contributed by atoms with Crippen molar-refractivity contribution in [3.63, 3.8) is 0 Å². The third-order valence-corrected chi connectivity index (χ3v) is 6.25. The number of rotatable bonds is 5. The molecule has 1 aliphatic heterocycles. The predicted molar refractivity (Wildman–Crippen MR) is 138 cm³/mol. The van der Waals surface area contributed by atoms with Crippen molar-refractivity contribution in [2.24, 2.45) is 0 Å². The van der Waals surface area contributed by atoms with Gasteiger partial charge in [0.15, 0.2) is 0 Å². The number of anilines is 2. The lowest BCUT2D eigenvalue weighted by molar-refractivity contribution is -0.112. The summed E-state index contributed by atoms with van der Waals surface area (Å²) in [6.07, 6.45) is 3.53. The first-order valence-electron chi connectivity index (χ1n) is 11.5. The molecule has 4 aromatic rings. The third-order valence-electron chi connectivity index (χ3n) is 6.25. The van der Waals surface area contributed by atoms with Crippen molar-refractivity contribution in [3.05, 3.63) is 72.6 Å². The number of H-pyrrole nitrogens is 1. The maximum absolute atomic E-state index is 12.8. The Kier molecular flexibility index (Phi) is 5.78. The van der Waals surface area contributed by atoms with E-state index in [1.807, 2.05) is 53.4 Å². The molecule has 8 heteroatoms. The van der Waals surface area contributed by atoms with Crippen LogP contribution in [0.5, 0.6) is 0 Å². The molecule has 0 bridgehead atoms. The molecule has 1 fully saturated rings. The van der Waals surface area contributed by atoms with Crippen LogP contribution in [-0.4, -0.2) is 44.8 Å². The second-order valence-corrected chi connectivity index (χ2v) is 8.75. The van der Waals surface area contributed by atoms with E-state index in [1.165, 1.54) is 6.33 Å². The normalized spacial score (nSPS) is 13.2. The van der Waals surface area contributed by atoms with Crippen molar-refractivity contribution in [2.75, 3.05) is 24.1 Å². The predicted octanol–water partition coefficient (Wildman–Crippen LogP) is 4.62. The topological polar surface area (TPSA) is 117 Å². The van der Waals surface area contributed by atoms with Crippen LogP contribution in [0.3, 0.4) is 0 Å². The zero-order chi connectivity index (χ0) is 24.5. The van der Waals surface area contributed by atoms with Crippen LogP contribution >= 0.6 is 0 Å². The van der Waals surface area contributed by atoms with Gasteiger partial charge in [0.2, 0.25) is 0 Å². The molecule has 0 spiro atoms. The molecule has 1 saturated heterocycles. The van der Waals surface area contributed by atoms with Crippen molar-refractivity contribution < 1.29 is 9.59 Å². The standard InChI is InChI=1S/C27H26N6O2/c1-16(2)26(34)31-20-11-9-18(10-12-20)23-21(22-24(28)29-15-30-25(22)32-23)17-5-7-19(8-6-17)27(35)33-13-3-4-14-33/h5-12,15H,1,3-4,13-14H2,2H3,(H,31,34)(H3,28,29,30,32). The molecule has 0 unspecified atom stereocenters. The van der Waals surface area contributed by atoms with E-state index in [4.69, 9.17) is 5.73 Å². The van der Waals surface area contributed by atoms with E-state index in [1.54, 1.807) is 6.92 Å². The van der Waals surface area contributed by atoms with E-state index in [9.17, 15) is 9.59 Å². The second kappa shape index (κ2) is 9.06. The average molecular weight is 467 g/mol. The van der Waals surface area contributed by atoms with Gasteiger partial charge in [-0.25, -0.2) is 9.97 Å². The number of carbonyl (C=O) groups is 2. The monoisotopic (exact) mass is 466 g/mol. The number of likely N-dealkylation sites (tertiary alicyclic amines) is 1. The fourth-order valence-electron chi connectivity index (χ4n) is 4.39. The van der Waals surface area contributed by atoms with Crippen LogP contribution in [0.2, 0.25) is 0 Å². The fraction of sp³-hybridized carbons (Fsp3) is 0.185. The van der Waals surface area contributed by atoms with Gasteiger partial charge in [-0.2, -0.15) is 0 Å². The quantitative estimate of drug-likeness (QED) is 0.371. The van der Waals surface area contributed by atoms with Crippen LogP contribution in [0.15, 0.2) is 67.0 Å². The smallest absolute Gasteiger partial charge is 0.253 e. The molecule has 8 nitrogen and oxygen atoms in total. The van der Waals surface area contributed by atoms with Gasteiger partial charge in [0.1, 0.15) is 17.8 Å². The van der Waals surface area contributed by atoms with Crippen LogP contribution in [0, 0.1) is 0 Å². The largest absolute Gasteiger partial charge is 0.383 e. The van der Waals surface area contributed by atoms with Crippen molar-refractivity contribution in [3.8, 4) is 22.4 Å². The van der Waals surface area contributed by atoms with Crippen molar-refractivity contribution in [1.82, 2.24) is 19.9 Å². The average Bonchev–Trinajstić information content (AvgIpc) is 3.53. The Morgan fingerprint density at radius 1 is 1.00 bits per heavy atom. The van der Waals surface area contributed by atoms with Gasteiger partial charge in [-0.3, -0.25) is 9.59 Å². The van der Waals surface area contributed by atoms with Crippen LogP contribution in [0.1, 0.15) is 30.1 Å². The lowest BCUT2D eigenvalue weighted by Crippen LogP contribution is -2.27. The highest BCUT2D eigenvalue weighted by Crippen LogP contribution is 2.40. The summed E-state index contributed by atoms with van der Waals surface area (Å²) < 4.78 is 0. The first-order chi connectivity index (χ1) is 16.9. The highest BCUT2D eigenvalue weighted by molar-refractivity contribution is 6.08. The van der Waals surface area contributed by atoms with Crippen LogP contribution in [0.25, 0.3) is 33.4 Å². The van der Waals surface area contributed by atoms with Crippen molar-refractivity contribution in [1.29, 1.82) is 0 Å². The number of amides is 2. The molecule has 0 radical (unpaired) electrons. The lowest BCUT2D eigenvalue weighted by atomic mass is 9.97. The van der Waals surface area contributed by atoms with Gasteiger partial charge in [-0.15, -0.1) is 0 Å². The number of fused-ring (bicyclic) bond motifs is 1. The van der Waals surface area contributed by atoms with E-state index >= 15 is 0 Å². The van der Waals surface area contributed by atoms with Gasteiger partial charge in [0.05, 0.1) is 11.1 Å². The molecule has 0 aliphatic carbocycles. The summed E-state index contributed by atoms with van der Waals surface area (Å²) in [6, 6.07) is 15.1. The Hall–Kier alpha value is -4.46. The molecule has 176 valence electrons. The van der Waals surface area contributed by atoms with E-state index in [0.29, 0.717) is 28.3 Å². The molecule has 3 heterocycles. The summed E-state index contributed by atoms with van der Waals surface area (Å²) >= 11 is 0. The van der Waals surface area contributed by atoms with Gasteiger partial charge >= 0.3 is 0 Å². The Labute approximate surface area is 202 Å². The number of nitrogens with two attached hydrogens (primary N) is 1. The molecule has 5 rings (SSSR count). The van der Waals surface area contributed by atoms with Crippen LogP contribution in [-0.2, 0) is 4.79 Å². The molecule has 35 heavy (non-hydrogen) atoms. The summed E-state index contributed by atoms with van der Waals surface area (Å²) in [4.78, 5) is 38.6. The zero-order valence-electron chi connectivity index (χ0n) is 19.5. The molecular weight excluding hydrogens is 440 g/mol. The molecule has 0 saturated carbocycles. The maximum Gasteiger partial charge on any atom is 0.253 e. The summed E-state index contributed by atoms with van der Waals surface area (Å²) in [5.74, 6) is 0.203. The highest BCUT2D eigenvalue weighted by atomic mass is 16.2. The number of aromatic amines is 1. The number of carbonyl (C=O) groups excluding carboxylic acids is 2. The molecule has 1 aliphatic rings. The summed E-state index contributed by atoms with van der Waals surface area (Å²) in [6.45, 7) is 6.95. The lowest BCUT2D eigenvalue weighted by Gasteiger charge is -2.15. The molecule has 2 aromatic carbocycles. The number of benzene rings is 2. The summed E-state index contributed by atoms with van der Waals surface area (Å²) in [5.41, 5.74) is 12.1. The highest BCUT2D eigenvalue weighted by Gasteiger charge is 2.21. The first kappa shape index (κ1) is 22.3. The first-order valence-corrected chi connectivity index (χ1v) is 11.5. The number of nitrogens with one attached hydrogen (secondary N) is 2. The van der Waals surface area contributed by atoms with Crippen LogP contribution < -0.4 is 11.1 Å². The molecular formula is C27H26N6O2. The Bertz CT molecular complexity index is 1430. The van der Waals surface area contributed by atoms with Gasteiger partial charge in [-0.05, 0) is 55.2 Å². The SMILES string of the molecule is C=C(C)C(=O)Nc1ccc(-c2[nH]c3ncnc(N)c3c2-c2ccc(C(=O)N3CCCC3)cc2)cc1. The van der Waals surface area contributed by atoms with Crippen LogP contribution in [0.4, 0.5) is 11.5 Å². The maximum atomic E-state index is 12.8. The Balaban J connectivity index is 1.55. The molecule has 0 atom stereocenters. The Morgan fingerprint density at radius 3 is 2.31 bits per heavy atom. The number of nitrogen functional groups attached to an aromatic ring is 1. The minimum atomic E-state index is -0.226. The molecule has 2 amide bonds. The van der Waals surface area contributed by atoms with E-state index in [-0.39, 0.29) is 11.8 Å². The van der Waals surface area contributed by atoms with E-state index in [0.717, 1.165) is 53.7 Å². The number of hydrogen-bond donors (Lipinski definition) is 3. The third kappa shape index (κ3) is 4.26. The van der Waals surface area contributed by atoms with Gasteiger partial charge in [0.25, 0.3) is 11.8 Å². The molecule has 4 N–H and O–H groups in total. The van der Waals surface area contributed by atoms with Gasteiger partial charge in [0, 0.05) is 35.5 Å². The van der Waals surface area contributed by atoms with E-state index in [2.05, 4.69) is 26.8 Å². The molecule has 2 aromatic heterocycles. The minimum absolute atomic E-state index is 0.0587. The van der Waals surface area contributed by atoms with E-state index < -0.39 is 0 Å². The number of nitrogens with zero attached hydrogens (tertiary/aromatic N) is 3.